The molecule has 7 heteroatoms. The molecule has 4 aromatic rings. The summed E-state index contributed by atoms with van der Waals surface area (Å²) >= 11 is 1.62. The molecule has 0 aliphatic carbocycles. The Morgan fingerprint density at radius 2 is 1.69 bits per heavy atom. The first-order valence-corrected chi connectivity index (χ1v) is 13.0. The Labute approximate surface area is 216 Å². The second kappa shape index (κ2) is 10.9. The number of aromatic nitrogens is 1. The Bertz CT molecular complexity index is 1290. The van der Waals surface area contributed by atoms with Gasteiger partial charge in [0.25, 0.3) is 5.91 Å². The summed E-state index contributed by atoms with van der Waals surface area (Å²) in [5.41, 5.74) is 6.16. The first-order chi connectivity index (χ1) is 17.6. The van der Waals surface area contributed by atoms with Crippen LogP contribution >= 0.6 is 11.3 Å². The van der Waals surface area contributed by atoms with Crippen LogP contribution in [0.15, 0.2) is 78.2 Å². The normalized spacial score (nSPS) is 13.4. The topological polar surface area (TPSA) is 57.7 Å². The molecule has 1 amide bonds. The number of carbonyl (C=O) groups is 1. The Kier molecular flexibility index (Phi) is 7.30. The number of rotatable bonds is 7. The maximum atomic E-state index is 12.9. The van der Waals surface area contributed by atoms with Gasteiger partial charge in [-0.25, -0.2) is 4.98 Å². The highest BCUT2D eigenvalue weighted by atomic mass is 32.1. The van der Waals surface area contributed by atoms with Crippen molar-refractivity contribution < 1.29 is 9.53 Å². The number of anilines is 2. The van der Waals surface area contributed by atoms with Crippen LogP contribution in [-0.2, 0) is 6.54 Å². The number of carbonyl (C=O) groups excluding carboxylic acids is 1. The zero-order valence-corrected chi connectivity index (χ0v) is 21.4. The molecule has 0 bridgehead atoms. The lowest BCUT2D eigenvalue weighted by Crippen LogP contribution is -2.46. The lowest BCUT2D eigenvalue weighted by molar-refractivity contribution is 0.0736. The largest absolute Gasteiger partial charge is 0.497 e. The molecule has 1 aliphatic heterocycles. The summed E-state index contributed by atoms with van der Waals surface area (Å²) in [7, 11) is 1.67. The van der Waals surface area contributed by atoms with E-state index in [2.05, 4.69) is 46.8 Å². The molecule has 1 saturated heterocycles. The molecule has 6 nitrogen and oxygen atoms in total. The molecular formula is C29H30N4O2S. The average Bonchev–Trinajstić information content (AvgIpc) is 3.43. The lowest BCUT2D eigenvalue weighted by Gasteiger charge is -2.27. The molecule has 1 aromatic heterocycles. The highest BCUT2D eigenvalue weighted by Crippen LogP contribution is 2.34. The molecule has 3 aromatic carbocycles. The van der Waals surface area contributed by atoms with Gasteiger partial charge in [-0.15, -0.1) is 11.3 Å². The van der Waals surface area contributed by atoms with Crippen molar-refractivity contribution in [3.63, 3.8) is 0 Å². The van der Waals surface area contributed by atoms with Crippen LogP contribution in [0.25, 0.3) is 11.3 Å². The van der Waals surface area contributed by atoms with E-state index < -0.39 is 0 Å². The van der Waals surface area contributed by atoms with Gasteiger partial charge in [-0.05, 0) is 48.9 Å². The number of hydrogen-bond donors (Lipinski definition) is 1. The zero-order valence-electron chi connectivity index (χ0n) is 20.6. The summed E-state index contributed by atoms with van der Waals surface area (Å²) < 4.78 is 5.36. The van der Waals surface area contributed by atoms with Crippen LogP contribution in [0, 0.1) is 6.92 Å². The lowest BCUT2D eigenvalue weighted by atomic mass is 10.1. The van der Waals surface area contributed by atoms with E-state index in [0.29, 0.717) is 6.54 Å². The van der Waals surface area contributed by atoms with Crippen molar-refractivity contribution in [2.45, 2.75) is 13.5 Å². The second-order valence-electron chi connectivity index (χ2n) is 8.90. The molecule has 36 heavy (non-hydrogen) atoms. The van der Waals surface area contributed by atoms with E-state index in [9.17, 15) is 4.79 Å². The summed E-state index contributed by atoms with van der Waals surface area (Å²) in [6.07, 6.45) is 0. The predicted octanol–water partition coefficient (Wildman–Crippen LogP) is 5.51. The van der Waals surface area contributed by atoms with Gasteiger partial charge in [0.2, 0.25) is 0 Å². The molecule has 2 heterocycles. The van der Waals surface area contributed by atoms with Gasteiger partial charge in [0, 0.05) is 48.4 Å². The Balaban J connectivity index is 1.40. The number of amides is 1. The minimum Gasteiger partial charge on any atom is -0.497 e. The molecule has 0 spiro atoms. The predicted molar refractivity (Wildman–Crippen MR) is 146 cm³/mol. The van der Waals surface area contributed by atoms with E-state index in [1.807, 2.05) is 53.4 Å². The number of hydrogen-bond acceptors (Lipinski definition) is 6. The highest BCUT2D eigenvalue weighted by molar-refractivity contribution is 7.14. The molecule has 1 fully saturated rings. The van der Waals surface area contributed by atoms with E-state index in [4.69, 9.17) is 9.72 Å². The van der Waals surface area contributed by atoms with Crippen LogP contribution in [0.3, 0.4) is 0 Å². The molecule has 0 saturated carbocycles. The molecule has 0 radical (unpaired) electrons. The fourth-order valence-corrected chi connectivity index (χ4v) is 5.12. The smallest absolute Gasteiger partial charge is 0.253 e. The third-order valence-electron chi connectivity index (χ3n) is 6.40. The molecular weight excluding hydrogens is 468 g/mol. The zero-order chi connectivity index (χ0) is 24.9. The monoisotopic (exact) mass is 498 g/mol. The van der Waals surface area contributed by atoms with E-state index >= 15 is 0 Å². The number of piperazine rings is 1. The Morgan fingerprint density at radius 3 is 2.36 bits per heavy atom. The summed E-state index contributed by atoms with van der Waals surface area (Å²) in [6.45, 7) is 5.91. The number of aryl methyl sites for hydroxylation is 1. The SMILES string of the molecule is COc1ccc(N(Cc2ccc(C(=O)N3CCNCC3)cc2)c2nc(-c3ccc(C)cc3)cs2)cc1. The van der Waals surface area contributed by atoms with Gasteiger partial charge in [0.15, 0.2) is 5.13 Å². The number of methoxy groups -OCH3 is 1. The third kappa shape index (κ3) is 5.42. The Morgan fingerprint density at radius 1 is 1.00 bits per heavy atom. The van der Waals surface area contributed by atoms with E-state index in [1.54, 1.807) is 18.4 Å². The molecule has 1 N–H and O–H groups in total. The number of benzene rings is 3. The first-order valence-electron chi connectivity index (χ1n) is 12.1. The number of nitrogens with one attached hydrogen (secondary N) is 1. The van der Waals surface area contributed by atoms with Crippen molar-refractivity contribution >= 4 is 28.1 Å². The number of nitrogens with zero attached hydrogens (tertiary/aromatic N) is 3. The van der Waals surface area contributed by atoms with E-state index in [-0.39, 0.29) is 5.91 Å². The van der Waals surface area contributed by atoms with Crippen LogP contribution in [0.1, 0.15) is 21.5 Å². The van der Waals surface area contributed by atoms with E-state index in [1.165, 1.54) is 5.56 Å². The van der Waals surface area contributed by atoms with Crippen LogP contribution in [0.2, 0.25) is 0 Å². The van der Waals surface area contributed by atoms with E-state index in [0.717, 1.165) is 65.1 Å². The summed E-state index contributed by atoms with van der Waals surface area (Å²) in [5.74, 6) is 0.909. The van der Waals surface area contributed by atoms with Gasteiger partial charge in [0.05, 0.1) is 19.3 Å². The maximum Gasteiger partial charge on any atom is 0.253 e. The molecule has 0 unspecified atom stereocenters. The minimum absolute atomic E-state index is 0.0951. The van der Waals surface area contributed by atoms with Crippen molar-refractivity contribution in [2.75, 3.05) is 38.2 Å². The van der Waals surface area contributed by atoms with Gasteiger partial charge >= 0.3 is 0 Å². The standard InChI is InChI=1S/C29H30N4O2S/c1-21-3-7-23(8-4-21)27-20-36-29(31-27)33(25-11-13-26(35-2)14-12-25)19-22-5-9-24(10-6-22)28(34)32-17-15-30-16-18-32/h3-14,20,30H,15-19H2,1-2H3. The van der Waals surface area contributed by atoms with Gasteiger partial charge < -0.3 is 19.9 Å². The number of ether oxygens (including phenoxy) is 1. The summed E-state index contributed by atoms with van der Waals surface area (Å²) in [6, 6.07) is 24.4. The fraction of sp³-hybridized carbons (Fsp3) is 0.241. The molecule has 0 atom stereocenters. The highest BCUT2D eigenvalue weighted by Gasteiger charge is 2.19. The molecule has 5 rings (SSSR count). The summed E-state index contributed by atoms with van der Waals surface area (Å²) in [5, 5.41) is 6.31. The van der Waals surface area contributed by atoms with Crippen LogP contribution < -0.4 is 15.0 Å². The second-order valence-corrected chi connectivity index (χ2v) is 9.74. The molecule has 184 valence electrons. The first kappa shape index (κ1) is 24.0. The van der Waals surface area contributed by atoms with Gasteiger partial charge in [-0.1, -0.05) is 42.0 Å². The maximum absolute atomic E-state index is 12.9. The van der Waals surface area contributed by atoms with Crippen molar-refractivity contribution in [3.8, 4) is 17.0 Å². The van der Waals surface area contributed by atoms with Crippen molar-refractivity contribution in [1.29, 1.82) is 0 Å². The number of thiazole rings is 1. The summed E-state index contributed by atoms with van der Waals surface area (Å²) in [4.78, 5) is 22.0. The third-order valence-corrected chi connectivity index (χ3v) is 7.26. The quantitative estimate of drug-likeness (QED) is 0.364. The van der Waals surface area contributed by atoms with Gasteiger partial charge in [0.1, 0.15) is 5.75 Å². The van der Waals surface area contributed by atoms with Gasteiger partial charge in [-0.2, -0.15) is 0 Å². The van der Waals surface area contributed by atoms with Crippen molar-refractivity contribution in [1.82, 2.24) is 15.2 Å². The van der Waals surface area contributed by atoms with Crippen LogP contribution in [-0.4, -0.2) is 49.1 Å². The molecule has 1 aliphatic rings. The van der Waals surface area contributed by atoms with Gasteiger partial charge in [-0.3, -0.25) is 4.79 Å². The van der Waals surface area contributed by atoms with Crippen LogP contribution in [0.4, 0.5) is 10.8 Å². The average molecular weight is 499 g/mol. The minimum atomic E-state index is 0.0951. The van der Waals surface area contributed by atoms with Crippen LogP contribution in [0.5, 0.6) is 5.75 Å². The van der Waals surface area contributed by atoms with Crippen molar-refractivity contribution in [2.24, 2.45) is 0 Å². The Hall–Kier alpha value is -3.68. The fourth-order valence-electron chi connectivity index (χ4n) is 4.26. The van der Waals surface area contributed by atoms with Crippen molar-refractivity contribution in [3.05, 3.63) is 94.9 Å².